The average molecular weight is 484 g/mol. The van der Waals surface area contributed by atoms with Gasteiger partial charge in [-0.05, 0) is 18.2 Å². The van der Waals surface area contributed by atoms with Crippen molar-refractivity contribution in [3.8, 4) is 23.4 Å². The molecule has 4 aromatic heterocycles. The highest BCUT2D eigenvalue weighted by atomic mass is 19.1. The van der Waals surface area contributed by atoms with Crippen LogP contribution in [0.5, 0.6) is 0 Å². The molecule has 36 heavy (non-hydrogen) atoms. The number of aromatic amines is 1. The molecule has 0 aliphatic carbocycles. The third-order valence-electron chi connectivity index (χ3n) is 6.39. The predicted octanol–water partition coefficient (Wildman–Crippen LogP) is 2.74. The van der Waals surface area contributed by atoms with E-state index in [-0.39, 0.29) is 17.3 Å². The van der Waals surface area contributed by atoms with Gasteiger partial charge in [0, 0.05) is 68.5 Å². The number of H-pyrrole nitrogens is 1. The van der Waals surface area contributed by atoms with Crippen LogP contribution in [0.25, 0.3) is 22.3 Å². The molecule has 4 aromatic rings. The Morgan fingerprint density at radius 2 is 2.00 bits per heavy atom. The topological polar surface area (TPSA) is 131 Å². The van der Waals surface area contributed by atoms with Crippen LogP contribution < -0.4 is 0 Å². The van der Waals surface area contributed by atoms with Crippen molar-refractivity contribution in [1.82, 2.24) is 34.3 Å². The lowest BCUT2D eigenvalue weighted by molar-refractivity contribution is 0.0609. The summed E-state index contributed by atoms with van der Waals surface area (Å²) in [5.41, 5.74) is 2.34. The Labute approximate surface area is 206 Å². The molecule has 0 bridgehead atoms. The number of pyridine rings is 1. The van der Waals surface area contributed by atoms with E-state index in [2.05, 4.69) is 30.9 Å². The van der Waals surface area contributed by atoms with E-state index in [9.17, 15) is 14.4 Å². The van der Waals surface area contributed by atoms with Crippen LogP contribution >= 0.6 is 0 Å². The summed E-state index contributed by atoms with van der Waals surface area (Å²) >= 11 is 0. The van der Waals surface area contributed by atoms with Gasteiger partial charge in [-0.15, -0.1) is 0 Å². The highest BCUT2D eigenvalue weighted by Crippen LogP contribution is 2.27. The summed E-state index contributed by atoms with van der Waals surface area (Å²) in [6, 6.07) is 8.96. The van der Waals surface area contributed by atoms with Crippen molar-refractivity contribution in [2.75, 3.05) is 32.7 Å². The minimum Gasteiger partial charge on any atom is -0.348 e. The van der Waals surface area contributed by atoms with Crippen molar-refractivity contribution in [2.24, 2.45) is 0 Å². The Bertz CT molecular complexity index is 1490. The Morgan fingerprint density at radius 3 is 2.75 bits per heavy atom. The van der Waals surface area contributed by atoms with Gasteiger partial charge in [0.25, 0.3) is 5.91 Å². The first-order valence-electron chi connectivity index (χ1n) is 11.5. The maximum absolute atomic E-state index is 14.2. The zero-order valence-electron chi connectivity index (χ0n) is 19.3. The van der Waals surface area contributed by atoms with Crippen LogP contribution in [0.2, 0.25) is 0 Å². The quantitative estimate of drug-likeness (QED) is 0.446. The zero-order valence-corrected chi connectivity index (χ0v) is 19.3. The Balaban J connectivity index is 1.25. The number of nitrogens with one attached hydrogen (secondary N) is 1. The Kier molecular flexibility index (Phi) is 6.39. The van der Waals surface area contributed by atoms with E-state index in [1.165, 1.54) is 12.5 Å². The first-order chi connectivity index (χ1) is 17.6. The van der Waals surface area contributed by atoms with E-state index in [1.54, 1.807) is 4.90 Å². The van der Waals surface area contributed by atoms with Gasteiger partial charge in [0.05, 0.1) is 29.8 Å². The van der Waals surface area contributed by atoms with Gasteiger partial charge < -0.3 is 14.5 Å². The number of aromatic nitrogens is 5. The highest BCUT2D eigenvalue weighted by molar-refractivity contribution is 5.92. The second kappa shape index (κ2) is 9.94. The number of nitrogens with zero attached hydrogens (tertiary/aromatic N) is 8. The van der Waals surface area contributed by atoms with Crippen LogP contribution in [0.4, 0.5) is 4.39 Å². The number of carbonyl (C=O) groups is 1. The molecule has 10 nitrogen and oxygen atoms in total. The lowest BCUT2D eigenvalue weighted by Gasteiger charge is -2.36. The minimum atomic E-state index is -0.792. The molecule has 1 saturated heterocycles. The summed E-state index contributed by atoms with van der Waals surface area (Å²) in [7, 11) is 0. The van der Waals surface area contributed by atoms with Crippen LogP contribution in [0, 0.1) is 28.5 Å². The van der Waals surface area contributed by atoms with E-state index in [0.717, 1.165) is 28.4 Å². The molecule has 0 saturated carbocycles. The number of fused-ring (bicyclic) bond motifs is 1. The number of piperazine rings is 1. The fraction of sp³-hybridized carbons (Fsp3) is 0.280. The van der Waals surface area contributed by atoms with E-state index >= 15 is 0 Å². The van der Waals surface area contributed by atoms with Crippen molar-refractivity contribution >= 4 is 16.9 Å². The van der Waals surface area contributed by atoms with Crippen molar-refractivity contribution in [2.45, 2.75) is 12.5 Å². The standard InChI is InChI=1S/C25H22FN9O/c26-21-11-17(12-28)13-30-23(21)25(36)34-9-7-33(8-10-34)15-19(1-4-27)35-6-3-18(14-35)22-20-2-5-29-24(20)32-16-31-22/h2-3,5-6,11,13-14,16,19H,1,7-10,15H2,(H,29,31,32). The van der Waals surface area contributed by atoms with Gasteiger partial charge >= 0.3 is 0 Å². The molecule has 1 fully saturated rings. The fourth-order valence-corrected chi connectivity index (χ4v) is 4.49. The Hall–Kier alpha value is -4.61. The van der Waals surface area contributed by atoms with Gasteiger partial charge in [-0.2, -0.15) is 10.5 Å². The summed E-state index contributed by atoms with van der Waals surface area (Å²) in [4.78, 5) is 32.1. The molecule has 1 amide bonds. The molecule has 5 rings (SSSR count). The fourth-order valence-electron chi connectivity index (χ4n) is 4.49. The third-order valence-corrected chi connectivity index (χ3v) is 6.39. The molecule has 0 spiro atoms. The van der Waals surface area contributed by atoms with Gasteiger partial charge in [0.1, 0.15) is 18.0 Å². The van der Waals surface area contributed by atoms with Crippen LogP contribution in [0.15, 0.2) is 49.3 Å². The second-order valence-corrected chi connectivity index (χ2v) is 8.58. The summed E-state index contributed by atoms with van der Waals surface area (Å²) < 4.78 is 16.3. The molecule has 180 valence electrons. The molecule has 5 heterocycles. The van der Waals surface area contributed by atoms with Gasteiger partial charge in [-0.25, -0.2) is 19.3 Å². The lowest BCUT2D eigenvalue weighted by Crippen LogP contribution is -2.50. The summed E-state index contributed by atoms with van der Waals surface area (Å²) in [6.45, 7) is 2.66. The monoisotopic (exact) mass is 483 g/mol. The van der Waals surface area contributed by atoms with Crippen LogP contribution in [-0.4, -0.2) is 72.9 Å². The molecule has 1 aliphatic rings. The maximum Gasteiger partial charge on any atom is 0.275 e. The number of nitriles is 2. The van der Waals surface area contributed by atoms with Crippen LogP contribution in [0.1, 0.15) is 28.5 Å². The first-order valence-corrected chi connectivity index (χ1v) is 11.5. The summed E-state index contributed by atoms with van der Waals surface area (Å²) in [5, 5.41) is 19.2. The summed E-state index contributed by atoms with van der Waals surface area (Å²) in [6.07, 6.45) is 8.84. The van der Waals surface area contributed by atoms with Crippen molar-refractivity contribution in [3.63, 3.8) is 0 Å². The van der Waals surface area contributed by atoms with E-state index in [0.29, 0.717) is 39.1 Å². The molecule has 1 atom stereocenters. The summed E-state index contributed by atoms with van der Waals surface area (Å²) in [5.74, 6) is -1.28. The first kappa shape index (κ1) is 23.1. The van der Waals surface area contributed by atoms with E-state index in [1.807, 2.05) is 41.4 Å². The normalized spacial score (nSPS) is 14.9. The molecular weight excluding hydrogens is 461 g/mol. The largest absolute Gasteiger partial charge is 0.348 e. The Morgan fingerprint density at radius 1 is 1.17 bits per heavy atom. The number of hydrogen-bond acceptors (Lipinski definition) is 7. The third kappa shape index (κ3) is 4.52. The van der Waals surface area contributed by atoms with Gasteiger partial charge in [-0.1, -0.05) is 0 Å². The molecule has 1 unspecified atom stereocenters. The minimum absolute atomic E-state index is 0.0720. The van der Waals surface area contributed by atoms with Crippen LogP contribution in [0.3, 0.4) is 0 Å². The maximum atomic E-state index is 14.2. The van der Waals surface area contributed by atoms with Crippen molar-refractivity contribution in [1.29, 1.82) is 10.5 Å². The number of rotatable bonds is 6. The molecule has 0 radical (unpaired) electrons. The van der Waals surface area contributed by atoms with Crippen molar-refractivity contribution in [3.05, 3.63) is 66.4 Å². The zero-order chi connectivity index (χ0) is 25.1. The smallest absolute Gasteiger partial charge is 0.275 e. The molecule has 11 heteroatoms. The average Bonchev–Trinajstić information content (AvgIpc) is 3.58. The van der Waals surface area contributed by atoms with Gasteiger partial charge in [0.2, 0.25) is 0 Å². The number of halogens is 1. The number of carbonyl (C=O) groups excluding carboxylic acids is 1. The van der Waals surface area contributed by atoms with E-state index in [4.69, 9.17) is 5.26 Å². The van der Waals surface area contributed by atoms with Crippen LogP contribution in [-0.2, 0) is 0 Å². The number of amides is 1. The van der Waals surface area contributed by atoms with Crippen molar-refractivity contribution < 1.29 is 9.18 Å². The SMILES string of the molecule is N#CCC(CN1CCN(C(=O)c2ncc(C#N)cc2F)CC1)n1ccc(-c2ncnc3[nH]ccc23)c1. The molecule has 1 N–H and O–H groups in total. The lowest BCUT2D eigenvalue weighted by atomic mass is 10.1. The predicted molar refractivity (Wildman–Crippen MR) is 128 cm³/mol. The molecular formula is C25H22FN9O. The second-order valence-electron chi connectivity index (χ2n) is 8.58. The van der Waals surface area contributed by atoms with Gasteiger partial charge in [-0.3, -0.25) is 9.69 Å². The molecule has 0 aromatic carbocycles. The van der Waals surface area contributed by atoms with Gasteiger partial charge in [0.15, 0.2) is 11.5 Å². The number of hydrogen-bond donors (Lipinski definition) is 1. The highest BCUT2D eigenvalue weighted by Gasteiger charge is 2.27. The molecule has 1 aliphatic heterocycles. The van der Waals surface area contributed by atoms with E-state index < -0.39 is 11.7 Å².